The summed E-state index contributed by atoms with van der Waals surface area (Å²) in [6, 6.07) is -1.30. The first kappa shape index (κ1) is 17.2. The molecule has 0 aliphatic heterocycles. The van der Waals surface area contributed by atoms with E-state index in [-0.39, 0.29) is 37.3 Å². The summed E-state index contributed by atoms with van der Waals surface area (Å²) in [5.41, 5.74) is 0.150. The van der Waals surface area contributed by atoms with E-state index >= 15 is 0 Å². The van der Waals surface area contributed by atoms with Gasteiger partial charge in [-0.05, 0) is 13.3 Å². The molecule has 0 rings (SSSR count). The van der Waals surface area contributed by atoms with Gasteiger partial charge in [-0.15, -0.1) is 0 Å². The Morgan fingerprint density at radius 2 is 1.94 bits per heavy atom. The number of nitrogens with one attached hydrogen (secondary N) is 1. The van der Waals surface area contributed by atoms with E-state index in [2.05, 4.69) is 11.9 Å². The molecule has 0 saturated carbocycles. The van der Waals surface area contributed by atoms with E-state index in [0.717, 1.165) is 0 Å². The third-order valence-corrected chi connectivity index (χ3v) is 1.62. The molecule has 0 spiro atoms. The predicted molar refractivity (Wildman–Crippen MR) is 48.6 cm³/mol. The van der Waals surface area contributed by atoms with Gasteiger partial charge in [0, 0.05) is 12.0 Å². The third kappa shape index (κ3) is 7.09. The van der Waals surface area contributed by atoms with E-state index in [9.17, 15) is 19.5 Å². The Balaban J connectivity index is 0. The van der Waals surface area contributed by atoms with Crippen LogP contribution in [0, 0.1) is 0 Å². The Kier molecular flexibility index (Phi) is 8.54. The van der Waals surface area contributed by atoms with Gasteiger partial charge in [-0.2, -0.15) is 0 Å². The van der Waals surface area contributed by atoms with Gasteiger partial charge in [0.25, 0.3) is 0 Å². The minimum atomic E-state index is -1.51. The second-order valence-electron chi connectivity index (χ2n) is 3.06. The van der Waals surface area contributed by atoms with E-state index in [1.165, 1.54) is 6.92 Å². The van der Waals surface area contributed by atoms with Crippen LogP contribution in [0.4, 0.5) is 0 Å². The van der Waals surface area contributed by atoms with Gasteiger partial charge in [-0.1, -0.05) is 6.58 Å². The summed E-state index contributed by atoms with van der Waals surface area (Å²) in [4.78, 5) is 31.8. The van der Waals surface area contributed by atoms with Crippen LogP contribution in [-0.4, -0.2) is 29.0 Å². The molecule has 16 heavy (non-hydrogen) atoms. The van der Waals surface area contributed by atoms with Crippen molar-refractivity contribution in [1.82, 2.24) is 5.32 Å². The Morgan fingerprint density at radius 1 is 1.44 bits per heavy atom. The topological polar surface area (TPSA) is 107 Å². The van der Waals surface area contributed by atoms with Crippen molar-refractivity contribution >= 4 is 17.8 Å². The number of aliphatic carboxylic acids is 2. The van der Waals surface area contributed by atoms with Gasteiger partial charge < -0.3 is 20.3 Å². The Morgan fingerprint density at radius 3 is 2.25 bits per heavy atom. The summed E-state index contributed by atoms with van der Waals surface area (Å²) >= 11 is 0. The second kappa shape index (κ2) is 7.96. The molecule has 1 amide bonds. The van der Waals surface area contributed by atoms with Gasteiger partial charge in [0.05, 0.1) is 12.0 Å². The summed E-state index contributed by atoms with van der Waals surface area (Å²) in [6.07, 6.45) is -0.564. The van der Waals surface area contributed by atoms with Crippen molar-refractivity contribution in [3.8, 4) is 0 Å². The fourth-order valence-electron chi connectivity index (χ4n) is 0.798. The summed E-state index contributed by atoms with van der Waals surface area (Å²) in [5.74, 6) is -3.27. The van der Waals surface area contributed by atoms with Crippen LogP contribution in [0.3, 0.4) is 0 Å². The monoisotopic (exact) mass is 221 g/mol. The van der Waals surface area contributed by atoms with E-state index in [0.29, 0.717) is 0 Å². The maximum atomic E-state index is 11.1. The smallest absolute Gasteiger partial charge is 0.548 e. The predicted octanol–water partition coefficient (Wildman–Crippen LogP) is -4.33. The molecule has 0 fully saturated rings. The first-order chi connectivity index (χ1) is 6.84. The molecule has 7 heteroatoms. The molecule has 1 atom stereocenters. The van der Waals surface area contributed by atoms with Crippen LogP contribution >= 0.6 is 0 Å². The van der Waals surface area contributed by atoms with Crippen LogP contribution in [0.25, 0.3) is 0 Å². The molecule has 0 aliphatic rings. The van der Waals surface area contributed by atoms with Crippen LogP contribution in [-0.2, 0) is 14.4 Å². The third-order valence-electron chi connectivity index (χ3n) is 1.62. The fourth-order valence-corrected chi connectivity index (χ4v) is 0.798. The van der Waals surface area contributed by atoms with Gasteiger partial charge in [-0.3, -0.25) is 9.59 Å². The van der Waals surface area contributed by atoms with Gasteiger partial charge in [0.1, 0.15) is 0 Å². The number of carboxylic acid groups (broad SMARTS) is 2. The van der Waals surface area contributed by atoms with Crippen molar-refractivity contribution < 1.29 is 43.5 Å². The molecule has 0 aromatic heterocycles. The van der Waals surface area contributed by atoms with Crippen molar-refractivity contribution in [3.05, 3.63) is 12.2 Å². The van der Waals surface area contributed by atoms with Gasteiger partial charge in [-0.25, -0.2) is 0 Å². The normalized spacial score (nSPS) is 10.8. The molecule has 0 heterocycles. The average Bonchev–Trinajstić information content (AvgIpc) is 2.10. The Hall–Kier alpha value is -1.25. The Labute approximate surface area is 105 Å². The molecule has 6 nitrogen and oxygen atoms in total. The maximum Gasteiger partial charge on any atom is 1.00 e. The van der Waals surface area contributed by atoms with Crippen molar-refractivity contribution in [2.45, 2.75) is 25.8 Å². The van der Waals surface area contributed by atoms with Crippen molar-refractivity contribution in [2.24, 2.45) is 0 Å². The molecule has 0 aromatic rings. The number of hydrogen-bond donors (Lipinski definition) is 2. The molecule has 0 bridgehead atoms. The van der Waals surface area contributed by atoms with E-state index in [1.807, 2.05) is 0 Å². The molecule has 2 N–H and O–H groups in total. The molecular formula is C9H12LiNO5. The van der Waals surface area contributed by atoms with E-state index < -0.39 is 23.9 Å². The Bertz CT molecular complexity index is 302. The van der Waals surface area contributed by atoms with Crippen LogP contribution in [0.2, 0.25) is 0 Å². The molecule has 84 valence electrons. The molecular weight excluding hydrogens is 209 g/mol. The zero-order chi connectivity index (χ0) is 12.0. The fraction of sp³-hybridized carbons (Fsp3) is 0.444. The molecule has 0 aliphatic carbocycles. The largest absolute Gasteiger partial charge is 1.00 e. The number of carbonyl (C=O) groups is 3. The number of amides is 1. The SMILES string of the molecule is C=C(C)C(=O)N[C@@H](CCC(=O)O)C(=O)[O-].[Li+]. The van der Waals surface area contributed by atoms with E-state index in [1.54, 1.807) is 0 Å². The van der Waals surface area contributed by atoms with Crippen molar-refractivity contribution in [2.75, 3.05) is 0 Å². The van der Waals surface area contributed by atoms with Crippen LogP contribution in [0.5, 0.6) is 0 Å². The van der Waals surface area contributed by atoms with Gasteiger partial charge in [0.2, 0.25) is 5.91 Å². The summed E-state index contributed by atoms with van der Waals surface area (Å²) in [6.45, 7) is 4.74. The molecule has 0 radical (unpaired) electrons. The first-order valence-electron chi connectivity index (χ1n) is 4.23. The maximum absolute atomic E-state index is 11.1. The second-order valence-corrected chi connectivity index (χ2v) is 3.06. The summed E-state index contributed by atoms with van der Waals surface area (Å²) in [5, 5.41) is 21.0. The number of rotatable bonds is 6. The minimum absolute atomic E-state index is 0. The zero-order valence-electron chi connectivity index (χ0n) is 9.28. The summed E-state index contributed by atoms with van der Waals surface area (Å²) < 4.78 is 0. The van der Waals surface area contributed by atoms with Crippen LogP contribution in [0.15, 0.2) is 12.2 Å². The molecule has 0 unspecified atom stereocenters. The molecule has 0 aromatic carbocycles. The average molecular weight is 221 g/mol. The quantitative estimate of drug-likeness (QED) is 0.348. The standard InChI is InChI=1S/C9H13NO5.Li/c1-5(2)8(13)10-6(9(14)15)3-4-7(11)12;/h6H,1,3-4H2,2H3,(H,10,13)(H,11,12)(H,14,15);/q;+1/p-1/t6-;/m0./s1. The summed E-state index contributed by atoms with van der Waals surface area (Å²) in [7, 11) is 0. The van der Waals surface area contributed by atoms with Crippen LogP contribution in [0.1, 0.15) is 19.8 Å². The minimum Gasteiger partial charge on any atom is -0.548 e. The first-order valence-corrected chi connectivity index (χ1v) is 4.23. The number of carbonyl (C=O) groups excluding carboxylic acids is 2. The van der Waals surface area contributed by atoms with Gasteiger partial charge >= 0.3 is 24.8 Å². The van der Waals surface area contributed by atoms with Crippen LogP contribution < -0.4 is 29.3 Å². The van der Waals surface area contributed by atoms with E-state index in [4.69, 9.17) is 5.11 Å². The molecule has 0 saturated heterocycles. The number of carboxylic acids is 2. The van der Waals surface area contributed by atoms with Crippen molar-refractivity contribution in [1.29, 1.82) is 0 Å². The van der Waals surface area contributed by atoms with Crippen molar-refractivity contribution in [3.63, 3.8) is 0 Å². The van der Waals surface area contributed by atoms with Gasteiger partial charge in [0.15, 0.2) is 0 Å². The number of hydrogen-bond acceptors (Lipinski definition) is 4. The zero-order valence-corrected chi connectivity index (χ0v) is 9.28.